The van der Waals surface area contributed by atoms with Crippen LogP contribution in [-0.4, -0.2) is 89.5 Å². The SMILES string of the molecule is COC(=O)/C=C/c1c[nH]c(C(=O)O[C@@H]2[C@H](C)[C@@H](O)[C@@H]3[C@H]4C=CC5C[C@H](OC)C(=O)O[C@H](C(C)O)[C@H](C)/C=C(\C)[C@]53O[C@H]42)c1. The molecule has 0 radical (unpaired) electrons. The summed E-state index contributed by atoms with van der Waals surface area (Å²) in [6.45, 7) is 7.25. The van der Waals surface area contributed by atoms with Crippen LogP contribution in [0.3, 0.4) is 0 Å². The van der Waals surface area contributed by atoms with Gasteiger partial charge < -0.3 is 38.9 Å². The Bertz CT molecular complexity index is 1330. The minimum atomic E-state index is -0.997. The predicted octanol–water partition coefficient (Wildman–Crippen LogP) is 2.59. The zero-order valence-electron chi connectivity index (χ0n) is 25.3. The van der Waals surface area contributed by atoms with Crippen LogP contribution < -0.4 is 0 Å². The normalized spacial score (nSPS) is 40.7. The highest BCUT2D eigenvalue weighted by Crippen LogP contribution is 2.61. The molecule has 2 aliphatic heterocycles. The van der Waals surface area contributed by atoms with E-state index in [1.54, 1.807) is 19.2 Å². The summed E-state index contributed by atoms with van der Waals surface area (Å²) in [6.07, 6.45) is 5.73. The molecule has 5 rings (SSSR count). The topological polar surface area (TPSA) is 154 Å². The van der Waals surface area contributed by atoms with Gasteiger partial charge in [0.2, 0.25) is 0 Å². The van der Waals surface area contributed by atoms with Crippen molar-refractivity contribution >= 4 is 24.0 Å². The van der Waals surface area contributed by atoms with Crippen LogP contribution in [0.25, 0.3) is 6.08 Å². The number of esters is 3. The number of cyclic esters (lactones) is 1. The van der Waals surface area contributed by atoms with Crippen molar-refractivity contribution in [3.8, 4) is 0 Å². The molecule has 234 valence electrons. The highest BCUT2D eigenvalue weighted by atomic mass is 16.6. The van der Waals surface area contributed by atoms with Gasteiger partial charge in [0.1, 0.15) is 29.6 Å². The molecule has 11 heteroatoms. The number of methoxy groups -OCH3 is 2. The van der Waals surface area contributed by atoms with Gasteiger partial charge in [0.05, 0.1) is 19.3 Å². The molecule has 43 heavy (non-hydrogen) atoms. The van der Waals surface area contributed by atoms with Crippen LogP contribution in [0.2, 0.25) is 0 Å². The average molecular weight is 600 g/mol. The molecule has 4 aliphatic rings. The number of rotatable bonds is 6. The molecule has 2 fully saturated rings. The van der Waals surface area contributed by atoms with Crippen LogP contribution in [0.15, 0.2) is 42.1 Å². The van der Waals surface area contributed by atoms with Crippen LogP contribution >= 0.6 is 0 Å². The molecule has 0 aromatic carbocycles. The second-order valence-corrected chi connectivity index (χ2v) is 12.2. The van der Waals surface area contributed by atoms with Gasteiger partial charge >= 0.3 is 17.9 Å². The van der Waals surface area contributed by atoms with Crippen molar-refractivity contribution in [3.05, 3.63) is 53.4 Å². The Morgan fingerprint density at radius 1 is 1.23 bits per heavy atom. The highest BCUT2D eigenvalue weighted by molar-refractivity contribution is 5.90. The van der Waals surface area contributed by atoms with E-state index in [-0.39, 0.29) is 35.8 Å². The van der Waals surface area contributed by atoms with Gasteiger partial charge in [0.25, 0.3) is 0 Å². The Morgan fingerprint density at radius 3 is 2.65 bits per heavy atom. The first-order valence-corrected chi connectivity index (χ1v) is 14.7. The third-order valence-corrected chi connectivity index (χ3v) is 9.66. The third-order valence-electron chi connectivity index (χ3n) is 9.66. The molecular weight excluding hydrogens is 558 g/mol. The van der Waals surface area contributed by atoms with E-state index in [2.05, 4.69) is 9.72 Å². The van der Waals surface area contributed by atoms with Gasteiger partial charge in [-0.05, 0) is 43.5 Å². The molecule has 4 bridgehead atoms. The maximum atomic E-state index is 13.3. The number of carbonyl (C=O) groups excluding carboxylic acids is 3. The number of nitrogens with one attached hydrogen (secondary N) is 1. The Morgan fingerprint density at radius 2 is 1.98 bits per heavy atom. The van der Waals surface area contributed by atoms with Gasteiger partial charge in [0, 0.05) is 49.0 Å². The van der Waals surface area contributed by atoms with Crippen molar-refractivity contribution < 1.29 is 48.3 Å². The number of aliphatic hydroxyl groups is 2. The molecular formula is C32H41NO10. The smallest absolute Gasteiger partial charge is 0.355 e. The molecule has 1 aromatic heterocycles. The number of hydrogen-bond acceptors (Lipinski definition) is 10. The lowest BCUT2D eigenvalue weighted by Gasteiger charge is -2.48. The zero-order chi connectivity index (χ0) is 31.2. The molecule has 2 unspecified atom stereocenters. The Labute approximate surface area is 250 Å². The van der Waals surface area contributed by atoms with Crippen LogP contribution in [0.1, 0.15) is 50.2 Å². The number of aromatic nitrogens is 1. The summed E-state index contributed by atoms with van der Waals surface area (Å²) >= 11 is 0. The Kier molecular flexibility index (Phi) is 8.72. The zero-order valence-corrected chi connectivity index (χ0v) is 25.3. The standard InChI is InChI=1S/C32H41NO10/c1-15-11-16(2)32-20(13-23(39-5)31(38)41-27(15)18(4)34)8-9-21-25(32)26(36)17(3)28(29(21)43-32)42-30(37)22-12-19(14-33-22)7-10-24(35)40-6/h7-12,14-15,17-18,20-21,23,25-29,33-34,36H,13H2,1-6H3/b10-7+,16-11+/t15-,17-,18?,20?,21-,23+,25+,26-,27+,28-,29-,32+/m1/s1. The van der Waals surface area contributed by atoms with Crippen molar-refractivity contribution in [2.45, 2.75) is 76.3 Å². The summed E-state index contributed by atoms with van der Waals surface area (Å²) in [6, 6.07) is 1.56. The second kappa shape index (κ2) is 12.0. The van der Waals surface area contributed by atoms with Crippen LogP contribution in [-0.2, 0) is 33.3 Å². The van der Waals surface area contributed by atoms with Crippen molar-refractivity contribution in [1.82, 2.24) is 4.98 Å². The van der Waals surface area contributed by atoms with E-state index in [1.165, 1.54) is 26.4 Å². The van der Waals surface area contributed by atoms with Crippen molar-refractivity contribution in [2.24, 2.45) is 29.6 Å². The predicted molar refractivity (Wildman–Crippen MR) is 153 cm³/mol. The number of carbonyl (C=O) groups is 3. The van der Waals surface area contributed by atoms with E-state index in [9.17, 15) is 24.6 Å². The fourth-order valence-corrected chi connectivity index (χ4v) is 7.54. The molecule has 3 heterocycles. The number of aromatic amines is 1. The molecule has 12 atom stereocenters. The molecule has 1 aromatic rings. The lowest BCUT2D eigenvalue weighted by atomic mass is 9.57. The third kappa shape index (κ3) is 5.37. The Balaban J connectivity index is 1.48. The number of hydrogen-bond donors (Lipinski definition) is 3. The first-order chi connectivity index (χ1) is 20.4. The lowest BCUT2D eigenvalue weighted by molar-refractivity contribution is -0.172. The van der Waals surface area contributed by atoms with E-state index in [0.717, 1.165) is 5.57 Å². The van der Waals surface area contributed by atoms with Crippen LogP contribution in [0.5, 0.6) is 0 Å². The van der Waals surface area contributed by atoms with Crippen molar-refractivity contribution in [1.29, 1.82) is 0 Å². The number of aliphatic hydroxyl groups excluding tert-OH is 2. The Hall–Kier alpha value is -3.25. The lowest BCUT2D eigenvalue weighted by Crippen LogP contribution is -2.57. The van der Waals surface area contributed by atoms with Gasteiger partial charge in [-0.15, -0.1) is 0 Å². The minimum absolute atomic E-state index is 0.190. The quantitative estimate of drug-likeness (QED) is 0.192. The molecule has 2 aliphatic carbocycles. The number of ether oxygens (including phenoxy) is 5. The molecule has 1 saturated heterocycles. The van der Waals surface area contributed by atoms with E-state index in [1.807, 2.05) is 39.0 Å². The molecule has 11 nitrogen and oxygen atoms in total. The average Bonchev–Trinajstić information content (AvgIpc) is 3.53. The maximum absolute atomic E-state index is 13.3. The minimum Gasteiger partial charge on any atom is -0.466 e. The summed E-state index contributed by atoms with van der Waals surface area (Å²) in [5.74, 6) is -3.46. The highest BCUT2D eigenvalue weighted by Gasteiger charge is 2.69. The molecule has 0 amide bonds. The van der Waals surface area contributed by atoms with Gasteiger partial charge in [-0.2, -0.15) is 0 Å². The van der Waals surface area contributed by atoms with Gasteiger partial charge in [-0.25, -0.2) is 14.4 Å². The summed E-state index contributed by atoms with van der Waals surface area (Å²) in [5.41, 5.74) is 0.637. The largest absolute Gasteiger partial charge is 0.466 e. The number of H-pyrrole nitrogens is 1. The van der Waals surface area contributed by atoms with Crippen molar-refractivity contribution in [3.63, 3.8) is 0 Å². The summed E-state index contributed by atoms with van der Waals surface area (Å²) < 4.78 is 28.9. The van der Waals surface area contributed by atoms with E-state index in [4.69, 9.17) is 18.9 Å². The molecule has 1 spiro atoms. The van der Waals surface area contributed by atoms with Gasteiger partial charge in [-0.1, -0.05) is 32.1 Å². The molecule has 3 N–H and O–H groups in total. The first-order valence-electron chi connectivity index (χ1n) is 14.7. The van der Waals surface area contributed by atoms with E-state index >= 15 is 0 Å². The molecule has 1 saturated carbocycles. The van der Waals surface area contributed by atoms with Crippen molar-refractivity contribution in [2.75, 3.05) is 14.2 Å². The van der Waals surface area contributed by atoms with E-state index < -0.39 is 66.1 Å². The first kappa shape index (κ1) is 31.2. The van der Waals surface area contributed by atoms with Gasteiger partial charge in [-0.3, -0.25) is 0 Å². The summed E-state index contributed by atoms with van der Waals surface area (Å²) in [4.78, 5) is 40.8. The monoisotopic (exact) mass is 599 g/mol. The second-order valence-electron chi connectivity index (χ2n) is 12.2. The summed E-state index contributed by atoms with van der Waals surface area (Å²) in [5, 5.41) is 22.3. The van der Waals surface area contributed by atoms with Gasteiger partial charge in [0.15, 0.2) is 6.10 Å². The maximum Gasteiger partial charge on any atom is 0.355 e. The fraction of sp³-hybridized carbons (Fsp3) is 0.594. The summed E-state index contributed by atoms with van der Waals surface area (Å²) in [7, 11) is 2.72. The van der Waals surface area contributed by atoms with Crippen LogP contribution in [0, 0.1) is 29.6 Å². The fourth-order valence-electron chi connectivity index (χ4n) is 7.54. The van der Waals surface area contributed by atoms with E-state index in [0.29, 0.717) is 5.56 Å². The van der Waals surface area contributed by atoms with Crippen LogP contribution in [0.4, 0.5) is 0 Å².